The molecule has 7 nitrogen and oxygen atoms in total. The molecule has 3 rings (SSSR count). The Morgan fingerprint density at radius 1 is 1.00 bits per heavy atom. The van der Waals surface area contributed by atoms with Crippen LogP contribution in [-0.4, -0.2) is 41.5 Å². The molecule has 0 radical (unpaired) electrons. The first kappa shape index (κ1) is 25.1. The molecule has 0 amide bonds. The van der Waals surface area contributed by atoms with E-state index in [1.807, 2.05) is 0 Å². The van der Waals surface area contributed by atoms with Crippen LogP contribution in [0.25, 0.3) is 0 Å². The number of Topliss-reactive ketones (excluding diaryl/α,β-unsaturated/α-hetero) is 5. The van der Waals surface area contributed by atoms with Crippen LogP contribution in [0.5, 0.6) is 0 Å². The largest absolute Gasteiger partial charge is 0.465 e. The third-order valence-electron chi connectivity index (χ3n) is 6.16. The van der Waals surface area contributed by atoms with E-state index in [2.05, 4.69) is 0 Å². The zero-order valence-corrected chi connectivity index (χ0v) is 19.9. The Kier molecular flexibility index (Phi) is 7.24. The van der Waals surface area contributed by atoms with Crippen molar-refractivity contribution >= 4 is 34.9 Å². The van der Waals surface area contributed by atoms with Gasteiger partial charge in [0.15, 0.2) is 17.3 Å². The lowest BCUT2D eigenvalue weighted by molar-refractivity contribution is -0.147. The summed E-state index contributed by atoms with van der Waals surface area (Å²) in [5.41, 5.74) is 0.595. The summed E-state index contributed by atoms with van der Waals surface area (Å²) in [6.45, 7) is 6.35. The predicted octanol–water partition coefficient (Wildman–Crippen LogP) is 3.80. The molecule has 1 aromatic rings. The average Bonchev–Trinajstić information content (AvgIpc) is 3.22. The highest BCUT2D eigenvalue weighted by molar-refractivity contribution is 6.30. The minimum atomic E-state index is -0.866. The van der Waals surface area contributed by atoms with Crippen LogP contribution in [0.2, 0.25) is 0 Å². The fraction of sp³-hybridized carbons (Fsp3) is 0.407. The lowest BCUT2D eigenvalue weighted by Crippen LogP contribution is -2.32. The molecule has 2 aliphatic carbocycles. The summed E-state index contributed by atoms with van der Waals surface area (Å²) in [6.07, 6.45) is 1.29. The zero-order chi connectivity index (χ0) is 25.2. The molecule has 7 heteroatoms. The number of hydrogen-bond acceptors (Lipinski definition) is 7. The number of rotatable bonds is 10. The van der Waals surface area contributed by atoms with E-state index in [1.54, 1.807) is 45.0 Å². The Bertz CT molecular complexity index is 1160. The Labute approximate surface area is 198 Å². The third kappa shape index (κ3) is 5.35. The average molecular weight is 465 g/mol. The summed E-state index contributed by atoms with van der Waals surface area (Å²) in [7, 11) is 0. The fourth-order valence-electron chi connectivity index (χ4n) is 4.15. The molecule has 2 aliphatic rings. The highest BCUT2D eigenvalue weighted by Crippen LogP contribution is 2.36. The molecule has 34 heavy (non-hydrogen) atoms. The molecule has 0 fully saturated rings. The molecule has 1 unspecified atom stereocenters. The van der Waals surface area contributed by atoms with Crippen molar-refractivity contribution in [2.24, 2.45) is 11.3 Å². The minimum Gasteiger partial charge on any atom is -0.465 e. The maximum Gasteiger partial charge on any atom is 0.302 e. The summed E-state index contributed by atoms with van der Waals surface area (Å²) >= 11 is 0. The Hall–Kier alpha value is -3.48. The quantitative estimate of drug-likeness (QED) is 0.382. The van der Waals surface area contributed by atoms with Crippen LogP contribution < -0.4 is 0 Å². The summed E-state index contributed by atoms with van der Waals surface area (Å²) in [5.74, 6) is -2.17. The molecule has 0 heterocycles. The second kappa shape index (κ2) is 9.79. The van der Waals surface area contributed by atoms with Gasteiger partial charge in [-0.3, -0.25) is 28.8 Å². The number of hydrogen-bond donors (Lipinski definition) is 0. The number of carbonyl (C=O) groups is 6. The predicted molar refractivity (Wildman–Crippen MR) is 123 cm³/mol. The first-order valence-electron chi connectivity index (χ1n) is 11.2. The number of ketones is 5. The number of ether oxygens (including phenoxy) is 1. The first-order chi connectivity index (χ1) is 15.9. The molecule has 178 valence electrons. The summed E-state index contributed by atoms with van der Waals surface area (Å²) in [5, 5.41) is 0. The summed E-state index contributed by atoms with van der Waals surface area (Å²) in [4.78, 5) is 74.3. The number of esters is 1. The first-order valence-corrected chi connectivity index (χ1v) is 11.2. The van der Waals surface area contributed by atoms with Crippen molar-refractivity contribution in [3.63, 3.8) is 0 Å². The van der Waals surface area contributed by atoms with Crippen molar-refractivity contribution in [3.05, 3.63) is 58.2 Å². The van der Waals surface area contributed by atoms with Gasteiger partial charge in [-0.05, 0) is 25.8 Å². The zero-order valence-electron chi connectivity index (χ0n) is 19.9. The standard InChI is InChI=1S/C27H28O7/c1-15(10-24(31)27(3,4)14-34-16(2)28)9-18(29)13-23(30)17-11-21-22(12-17)26(33)20-8-6-5-7-19(20)25(21)32/h5-8,11,15H,9-10,12-14H2,1-4H3. The van der Waals surface area contributed by atoms with Crippen molar-refractivity contribution in [1.29, 1.82) is 0 Å². The smallest absolute Gasteiger partial charge is 0.302 e. The maximum atomic E-state index is 12.8. The van der Waals surface area contributed by atoms with Gasteiger partial charge in [0.1, 0.15) is 18.2 Å². The van der Waals surface area contributed by atoms with E-state index in [0.29, 0.717) is 16.7 Å². The fourth-order valence-corrected chi connectivity index (χ4v) is 4.15. The van der Waals surface area contributed by atoms with E-state index < -0.39 is 17.2 Å². The molecule has 0 saturated carbocycles. The highest BCUT2D eigenvalue weighted by Gasteiger charge is 2.36. The second-order valence-corrected chi connectivity index (χ2v) is 9.68. The van der Waals surface area contributed by atoms with E-state index in [0.717, 1.165) is 0 Å². The molecular weight excluding hydrogens is 436 g/mol. The Balaban J connectivity index is 1.56. The maximum absolute atomic E-state index is 12.8. The number of allylic oxidation sites excluding steroid dienone is 4. The number of carbonyl (C=O) groups excluding carboxylic acids is 6. The van der Waals surface area contributed by atoms with Gasteiger partial charge in [0.05, 0.1) is 11.8 Å². The van der Waals surface area contributed by atoms with Gasteiger partial charge < -0.3 is 4.74 Å². The molecule has 0 N–H and O–H groups in total. The van der Waals surface area contributed by atoms with Crippen LogP contribution in [0, 0.1) is 11.3 Å². The van der Waals surface area contributed by atoms with Crippen molar-refractivity contribution < 1.29 is 33.5 Å². The van der Waals surface area contributed by atoms with Crippen molar-refractivity contribution in [3.8, 4) is 0 Å². The lowest BCUT2D eigenvalue weighted by Gasteiger charge is -2.24. The van der Waals surface area contributed by atoms with Crippen molar-refractivity contribution in [2.45, 2.75) is 53.4 Å². The highest BCUT2D eigenvalue weighted by atomic mass is 16.5. The van der Waals surface area contributed by atoms with E-state index in [-0.39, 0.29) is 72.5 Å². The minimum absolute atomic E-state index is 0.0343. The Morgan fingerprint density at radius 2 is 1.62 bits per heavy atom. The summed E-state index contributed by atoms with van der Waals surface area (Å²) in [6, 6.07) is 6.56. The SMILES string of the molecule is CC(=O)OCC(C)(C)C(=O)CC(C)CC(=O)CC(=O)C1=CC2=C(C1)C(=O)c1ccccc1C2=O. The van der Waals surface area contributed by atoms with Crippen LogP contribution in [0.15, 0.2) is 47.1 Å². The van der Waals surface area contributed by atoms with Gasteiger partial charge in [-0.1, -0.05) is 31.2 Å². The molecule has 0 spiro atoms. The molecule has 1 atom stereocenters. The van der Waals surface area contributed by atoms with E-state index in [4.69, 9.17) is 4.74 Å². The van der Waals surface area contributed by atoms with Gasteiger partial charge in [0.2, 0.25) is 0 Å². The topological polar surface area (TPSA) is 112 Å². The van der Waals surface area contributed by atoms with Gasteiger partial charge in [0, 0.05) is 54.0 Å². The monoisotopic (exact) mass is 464 g/mol. The van der Waals surface area contributed by atoms with Crippen LogP contribution in [0.4, 0.5) is 0 Å². The molecule has 0 saturated heterocycles. The van der Waals surface area contributed by atoms with Crippen LogP contribution in [0.1, 0.15) is 74.1 Å². The molecule has 0 aromatic heterocycles. The third-order valence-corrected chi connectivity index (χ3v) is 6.16. The second-order valence-electron chi connectivity index (χ2n) is 9.68. The van der Waals surface area contributed by atoms with Crippen molar-refractivity contribution in [1.82, 2.24) is 0 Å². The van der Waals surface area contributed by atoms with Gasteiger partial charge in [-0.25, -0.2) is 0 Å². The number of benzene rings is 1. The van der Waals surface area contributed by atoms with E-state index in [9.17, 15) is 28.8 Å². The van der Waals surface area contributed by atoms with Gasteiger partial charge in [-0.15, -0.1) is 0 Å². The molecule has 0 aliphatic heterocycles. The van der Waals surface area contributed by atoms with Gasteiger partial charge >= 0.3 is 5.97 Å². The molecule has 0 bridgehead atoms. The van der Waals surface area contributed by atoms with Gasteiger partial charge in [-0.2, -0.15) is 0 Å². The lowest BCUT2D eigenvalue weighted by atomic mass is 9.83. The molecule has 1 aromatic carbocycles. The van der Waals surface area contributed by atoms with Crippen LogP contribution >= 0.6 is 0 Å². The van der Waals surface area contributed by atoms with E-state index >= 15 is 0 Å². The van der Waals surface area contributed by atoms with E-state index in [1.165, 1.54) is 13.0 Å². The van der Waals surface area contributed by atoms with Gasteiger partial charge in [0.25, 0.3) is 0 Å². The number of fused-ring (bicyclic) bond motifs is 1. The molecular formula is C27H28O7. The summed E-state index contributed by atoms with van der Waals surface area (Å²) < 4.78 is 4.95. The van der Waals surface area contributed by atoms with Crippen LogP contribution in [0.3, 0.4) is 0 Å². The van der Waals surface area contributed by atoms with Crippen molar-refractivity contribution in [2.75, 3.05) is 6.61 Å². The van der Waals surface area contributed by atoms with Crippen LogP contribution in [-0.2, 0) is 23.9 Å². The normalized spacial score (nSPS) is 15.9. The Morgan fingerprint density at radius 3 is 2.24 bits per heavy atom.